The van der Waals surface area contributed by atoms with Crippen LogP contribution in [-0.2, 0) is 4.79 Å². The van der Waals surface area contributed by atoms with E-state index in [1.54, 1.807) is 42.7 Å². The van der Waals surface area contributed by atoms with Crippen molar-refractivity contribution in [1.82, 2.24) is 15.2 Å². The Balaban J connectivity index is 1.86. The van der Waals surface area contributed by atoms with Crippen LogP contribution in [0.2, 0.25) is 0 Å². The summed E-state index contributed by atoms with van der Waals surface area (Å²) in [6.07, 6.45) is 3.27. The van der Waals surface area contributed by atoms with Gasteiger partial charge in [0.25, 0.3) is 5.56 Å². The number of pyridine rings is 1. The molecule has 2 heterocycles. The molecular formula is C16H14N6O2. The van der Waals surface area contributed by atoms with E-state index in [0.29, 0.717) is 17.1 Å². The monoisotopic (exact) mass is 322 g/mol. The second-order valence-electron chi connectivity index (χ2n) is 4.97. The topological polar surface area (TPSA) is 115 Å². The molecule has 3 aromatic rings. The molecule has 1 aromatic carbocycles. The van der Waals surface area contributed by atoms with Crippen molar-refractivity contribution in [1.29, 1.82) is 0 Å². The highest BCUT2D eigenvalue weighted by atomic mass is 16.1. The molecule has 3 N–H and O–H groups in total. The first-order valence-electron chi connectivity index (χ1n) is 7.14. The highest BCUT2D eigenvalue weighted by Crippen LogP contribution is 2.26. The number of rotatable bonds is 4. The Morgan fingerprint density at radius 2 is 1.92 bits per heavy atom. The molecule has 0 fully saturated rings. The van der Waals surface area contributed by atoms with Crippen LogP contribution in [0.15, 0.2) is 63.8 Å². The number of benzene rings is 1. The van der Waals surface area contributed by atoms with E-state index in [-0.39, 0.29) is 17.2 Å². The Morgan fingerprint density at radius 1 is 1.12 bits per heavy atom. The molecule has 0 radical (unpaired) electrons. The number of anilines is 1. The summed E-state index contributed by atoms with van der Waals surface area (Å²) in [5.41, 5.74) is 2.28. The second kappa shape index (κ2) is 6.69. The number of azo groups is 1. The van der Waals surface area contributed by atoms with E-state index in [1.807, 2.05) is 6.07 Å². The average Bonchev–Trinajstić information content (AvgIpc) is 2.95. The van der Waals surface area contributed by atoms with Gasteiger partial charge >= 0.3 is 0 Å². The third-order valence-corrected chi connectivity index (χ3v) is 3.16. The largest absolute Gasteiger partial charge is 0.326 e. The van der Waals surface area contributed by atoms with Gasteiger partial charge in [0.05, 0.1) is 11.4 Å². The van der Waals surface area contributed by atoms with Crippen molar-refractivity contribution < 1.29 is 4.79 Å². The Hall–Kier alpha value is -3.55. The van der Waals surface area contributed by atoms with Crippen molar-refractivity contribution in [3.05, 3.63) is 59.1 Å². The zero-order chi connectivity index (χ0) is 16.9. The lowest BCUT2D eigenvalue weighted by molar-refractivity contribution is -0.114. The van der Waals surface area contributed by atoms with Gasteiger partial charge in [-0.15, -0.1) is 5.11 Å². The van der Waals surface area contributed by atoms with E-state index in [1.165, 1.54) is 6.92 Å². The molecule has 2 aromatic heterocycles. The van der Waals surface area contributed by atoms with E-state index < -0.39 is 0 Å². The number of aromatic nitrogens is 3. The van der Waals surface area contributed by atoms with Gasteiger partial charge in [-0.05, 0) is 36.4 Å². The Kier molecular flexibility index (Phi) is 4.28. The first-order valence-corrected chi connectivity index (χ1v) is 7.14. The van der Waals surface area contributed by atoms with Crippen molar-refractivity contribution >= 4 is 23.0 Å². The summed E-state index contributed by atoms with van der Waals surface area (Å²) >= 11 is 0. The highest BCUT2D eigenvalue weighted by Gasteiger charge is 2.11. The first kappa shape index (κ1) is 15.3. The summed E-state index contributed by atoms with van der Waals surface area (Å²) in [5, 5.41) is 16.0. The molecular weight excluding hydrogens is 308 g/mol. The lowest BCUT2D eigenvalue weighted by Gasteiger charge is -2.01. The highest BCUT2D eigenvalue weighted by molar-refractivity contribution is 5.88. The Labute approximate surface area is 136 Å². The minimum atomic E-state index is -0.368. The number of carbonyl (C=O) groups is 1. The van der Waals surface area contributed by atoms with Gasteiger partial charge in [0.15, 0.2) is 5.69 Å². The molecule has 1 amide bonds. The van der Waals surface area contributed by atoms with E-state index in [0.717, 1.165) is 5.56 Å². The van der Waals surface area contributed by atoms with Gasteiger partial charge in [-0.2, -0.15) is 5.11 Å². The zero-order valence-corrected chi connectivity index (χ0v) is 12.8. The van der Waals surface area contributed by atoms with Crippen LogP contribution in [0.1, 0.15) is 6.92 Å². The van der Waals surface area contributed by atoms with Gasteiger partial charge in [0.2, 0.25) is 5.91 Å². The van der Waals surface area contributed by atoms with E-state index >= 15 is 0 Å². The van der Waals surface area contributed by atoms with Crippen LogP contribution in [0.3, 0.4) is 0 Å². The maximum Gasteiger partial charge on any atom is 0.292 e. The van der Waals surface area contributed by atoms with Crippen LogP contribution in [0.25, 0.3) is 11.3 Å². The summed E-state index contributed by atoms with van der Waals surface area (Å²) in [7, 11) is 0. The number of nitrogens with zero attached hydrogens (tertiary/aromatic N) is 3. The molecule has 0 unspecified atom stereocenters. The van der Waals surface area contributed by atoms with Crippen LogP contribution in [0, 0.1) is 0 Å². The second-order valence-corrected chi connectivity index (χ2v) is 4.97. The lowest BCUT2D eigenvalue weighted by atomic mass is 10.2. The maximum absolute atomic E-state index is 11.9. The smallest absolute Gasteiger partial charge is 0.292 e. The van der Waals surface area contributed by atoms with Crippen molar-refractivity contribution in [2.24, 2.45) is 10.2 Å². The van der Waals surface area contributed by atoms with Crippen LogP contribution in [0.5, 0.6) is 0 Å². The molecule has 0 saturated carbocycles. The normalized spacial score (nSPS) is 10.9. The molecule has 0 aliphatic rings. The van der Waals surface area contributed by atoms with Crippen molar-refractivity contribution in [3.63, 3.8) is 0 Å². The van der Waals surface area contributed by atoms with E-state index in [2.05, 4.69) is 30.7 Å². The number of aromatic amines is 2. The minimum absolute atomic E-state index is 0.149. The van der Waals surface area contributed by atoms with Crippen molar-refractivity contribution in [2.75, 3.05) is 5.32 Å². The van der Waals surface area contributed by atoms with Crippen LogP contribution in [-0.4, -0.2) is 21.1 Å². The molecule has 0 atom stereocenters. The molecule has 120 valence electrons. The fourth-order valence-electron chi connectivity index (χ4n) is 2.09. The summed E-state index contributed by atoms with van der Waals surface area (Å²) in [4.78, 5) is 26.9. The number of H-pyrrole nitrogens is 2. The van der Waals surface area contributed by atoms with Crippen molar-refractivity contribution in [3.8, 4) is 11.3 Å². The number of hydrogen-bond acceptors (Lipinski definition) is 5. The number of amides is 1. The minimum Gasteiger partial charge on any atom is -0.326 e. The van der Waals surface area contributed by atoms with Gasteiger partial charge in [-0.1, -0.05) is 0 Å². The van der Waals surface area contributed by atoms with E-state index in [9.17, 15) is 9.59 Å². The van der Waals surface area contributed by atoms with Gasteiger partial charge in [-0.25, -0.2) is 0 Å². The summed E-state index contributed by atoms with van der Waals surface area (Å²) in [6.45, 7) is 1.44. The van der Waals surface area contributed by atoms with Crippen molar-refractivity contribution in [2.45, 2.75) is 6.92 Å². The number of hydrogen-bond donors (Lipinski definition) is 3. The first-order chi connectivity index (χ1) is 11.6. The quantitative estimate of drug-likeness (QED) is 0.641. The van der Waals surface area contributed by atoms with Gasteiger partial charge in [-0.3, -0.25) is 24.8 Å². The fraction of sp³-hybridized carbons (Fsp3) is 0.0625. The summed E-state index contributed by atoms with van der Waals surface area (Å²) < 4.78 is 0. The fourth-order valence-corrected chi connectivity index (χ4v) is 2.09. The third-order valence-electron chi connectivity index (χ3n) is 3.16. The third kappa shape index (κ3) is 3.43. The molecule has 0 spiro atoms. The summed E-state index contributed by atoms with van der Waals surface area (Å²) in [6, 6.07) is 10.4. The molecule has 0 bridgehead atoms. The molecule has 8 nitrogen and oxygen atoms in total. The lowest BCUT2D eigenvalue weighted by Crippen LogP contribution is -2.04. The SMILES string of the molecule is CC(=O)Nc1ccc(N=Nc2c(-c3cccnc3)[nH][nH]c2=O)cc1. The molecule has 8 heteroatoms. The van der Waals surface area contributed by atoms with Gasteiger partial charge in [0.1, 0.15) is 0 Å². The number of carbonyl (C=O) groups excluding carboxylic acids is 1. The molecule has 24 heavy (non-hydrogen) atoms. The van der Waals surface area contributed by atoms with E-state index in [4.69, 9.17) is 0 Å². The molecule has 0 saturated heterocycles. The molecule has 3 rings (SSSR count). The molecule has 0 aliphatic heterocycles. The predicted octanol–water partition coefficient (Wildman–Crippen LogP) is 3.14. The standard InChI is InChI=1S/C16H14N6O2/c1-10(23)18-12-4-6-13(7-5-12)19-21-15-14(20-22-16(15)24)11-3-2-8-17-9-11/h2-9H,1H3,(H,18,23)(H2,20,22,24). The van der Waals surface area contributed by atoms with Crippen LogP contribution >= 0.6 is 0 Å². The Bertz CT molecular complexity index is 925. The van der Waals surface area contributed by atoms with Gasteiger partial charge < -0.3 is 5.32 Å². The van der Waals surface area contributed by atoms with Crippen LogP contribution in [0.4, 0.5) is 17.1 Å². The maximum atomic E-state index is 11.9. The average molecular weight is 322 g/mol. The Morgan fingerprint density at radius 3 is 2.58 bits per heavy atom. The number of nitrogens with one attached hydrogen (secondary N) is 3. The van der Waals surface area contributed by atoms with Crippen LogP contribution < -0.4 is 10.9 Å². The summed E-state index contributed by atoms with van der Waals surface area (Å²) in [5.74, 6) is -0.149. The molecule has 0 aliphatic carbocycles. The zero-order valence-electron chi connectivity index (χ0n) is 12.8. The van der Waals surface area contributed by atoms with Gasteiger partial charge in [0, 0.05) is 30.6 Å². The predicted molar refractivity (Wildman–Crippen MR) is 89.6 cm³/mol.